The summed E-state index contributed by atoms with van der Waals surface area (Å²) in [4.78, 5) is 0. The molecule has 0 aromatic heterocycles. The molecule has 1 atom stereocenters. The topological polar surface area (TPSA) is 52.7 Å². The fourth-order valence-corrected chi connectivity index (χ4v) is 4.18. The molecule has 1 aliphatic heterocycles. The van der Waals surface area contributed by atoms with E-state index >= 15 is 0 Å². The van der Waals surface area contributed by atoms with E-state index in [9.17, 15) is 8.42 Å². The van der Waals surface area contributed by atoms with Crippen molar-refractivity contribution in [2.75, 3.05) is 40.3 Å². The average Bonchev–Trinajstić information content (AvgIpc) is 2.99. The van der Waals surface area contributed by atoms with Gasteiger partial charge in [0.1, 0.15) is 0 Å². The molecule has 118 valence electrons. The average molecular weight is 311 g/mol. The molecule has 6 heteroatoms. The minimum absolute atomic E-state index is 0.312. The van der Waals surface area contributed by atoms with E-state index in [0.29, 0.717) is 25.6 Å². The van der Waals surface area contributed by atoms with Crippen LogP contribution >= 0.6 is 0 Å². The molecule has 1 aromatic carbocycles. The van der Waals surface area contributed by atoms with Crippen molar-refractivity contribution in [3.63, 3.8) is 0 Å². The van der Waals surface area contributed by atoms with Crippen molar-refractivity contribution in [3.8, 4) is 0 Å². The summed E-state index contributed by atoms with van der Waals surface area (Å²) in [5, 5.41) is 3.04. The van der Waals surface area contributed by atoms with Gasteiger partial charge in [0.2, 0.25) is 0 Å². The smallest absolute Gasteiger partial charge is 0.281 e. The number of nitrogens with one attached hydrogen (secondary N) is 1. The summed E-state index contributed by atoms with van der Waals surface area (Å²) in [5.74, 6) is 0.312. The lowest BCUT2D eigenvalue weighted by Gasteiger charge is -2.24. The molecule has 1 unspecified atom stereocenters. The normalized spacial score (nSPS) is 20.2. The first-order valence-corrected chi connectivity index (χ1v) is 8.86. The molecule has 1 saturated heterocycles. The SMILES string of the molecule is CNCCCN(C)S(=O)(=O)N1CCC(c2ccccc2)C1. The third kappa shape index (κ3) is 4.03. The van der Waals surface area contributed by atoms with E-state index in [2.05, 4.69) is 17.4 Å². The highest BCUT2D eigenvalue weighted by Gasteiger charge is 2.34. The Labute approximate surface area is 128 Å². The first-order valence-electron chi connectivity index (χ1n) is 7.46. The summed E-state index contributed by atoms with van der Waals surface area (Å²) >= 11 is 0. The summed E-state index contributed by atoms with van der Waals surface area (Å²) in [7, 11) is 0.221. The first-order chi connectivity index (χ1) is 10.1. The predicted octanol–water partition coefficient (Wildman–Crippen LogP) is 1.26. The van der Waals surface area contributed by atoms with Crippen molar-refractivity contribution in [2.45, 2.75) is 18.8 Å². The van der Waals surface area contributed by atoms with Crippen molar-refractivity contribution in [1.29, 1.82) is 0 Å². The minimum atomic E-state index is -3.32. The third-order valence-electron chi connectivity index (χ3n) is 4.04. The molecule has 0 radical (unpaired) electrons. The standard InChI is InChI=1S/C15H25N3O2S/c1-16-10-6-11-17(2)21(19,20)18-12-9-15(13-18)14-7-4-3-5-8-14/h3-5,7-8,15-16H,6,9-13H2,1-2H3. The Hall–Kier alpha value is -0.950. The van der Waals surface area contributed by atoms with E-state index < -0.39 is 10.2 Å². The van der Waals surface area contributed by atoms with Crippen LogP contribution < -0.4 is 5.32 Å². The third-order valence-corrected chi connectivity index (χ3v) is 6.00. The number of hydrogen-bond donors (Lipinski definition) is 1. The second kappa shape index (κ2) is 7.35. The van der Waals surface area contributed by atoms with E-state index in [1.807, 2.05) is 25.2 Å². The number of hydrogen-bond acceptors (Lipinski definition) is 3. The molecule has 1 fully saturated rings. The van der Waals surface area contributed by atoms with Crippen LogP contribution in [-0.4, -0.2) is 57.3 Å². The van der Waals surface area contributed by atoms with Gasteiger partial charge in [-0.15, -0.1) is 0 Å². The van der Waals surface area contributed by atoms with Crippen LogP contribution in [0.1, 0.15) is 24.3 Å². The van der Waals surface area contributed by atoms with Crippen LogP contribution in [0.2, 0.25) is 0 Å². The maximum absolute atomic E-state index is 12.5. The second-order valence-electron chi connectivity index (χ2n) is 5.54. The quantitative estimate of drug-likeness (QED) is 0.771. The lowest BCUT2D eigenvalue weighted by molar-refractivity contribution is 0.388. The molecule has 1 aromatic rings. The van der Waals surface area contributed by atoms with E-state index in [1.54, 1.807) is 11.4 Å². The zero-order valence-electron chi connectivity index (χ0n) is 12.8. The molecule has 0 bridgehead atoms. The van der Waals surface area contributed by atoms with Gasteiger partial charge in [0.05, 0.1) is 0 Å². The Bertz CT molecular complexity index is 533. The lowest BCUT2D eigenvalue weighted by atomic mass is 9.99. The van der Waals surface area contributed by atoms with Crippen molar-refractivity contribution < 1.29 is 8.42 Å². The summed E-state index contributed by atoms with van der Waals surface area (Å²) in [6.45, 7) is 2.57. The number of benzene rings is 1. The highest BCUT2D eigenvalue weighted by molar-refractivity contribution is 7.86. The van der Waals surface area contributed by atoms with Gasteiger partial charge in [-0.3, -0.25) is 0 Å². The van der Waals surface area contributed by atoms with Gasteiger partial charge in [-0.1, -0.05) is 30.3 Å². The molecule has 5 nitrogen and oxygen atoms in total. The molecule has 0 amide bonds. The summed E-state index contributed by atoms with van der Waals surface area (Å²) < 4.78 is 28.2. The van der Waals surface area contributed by atoms with E-state index in [-0.39, 0.29) is 0 Å². The van der Waals surface area contributed by atoms with Crippen LogP contribution in [0, 0.1) is 0 Å². The first kappa shape index (κ1) is 16.4. The predicted molar refractivity (Wildman–Crippen MR) is 85.5 cm³/mol. The molecule has 1 aliphatic rings. The van der Waals surface area contributed by atoms with Gasteiger partial charge in [0.25, 0.3) is 10.2 Å². The fourth-order valence-electron chi connectivity index (χ4n) is 2.73. The summed E-state index contributed by atoms with van der Waals surface area (Å²) in [6, 6.07) is 10.2. The van der Waals surface area contributed by atoms with Gasteiger partial charge in [-0.2, -0.15) is 17.0 Å². The van der Waals surface area contributed by atoms with Crippen molar-refractivity contribution in [2.24, 2.45) is 0 Å². The monoisotopic (exact) mass is 311 g/mol. The Morgan fingerprint density at radius 2 is 2.05 bits per heavy atom. The Balaban J connectivity index is 1.96. The van der Waals surface area contributed by atoms with Gasteiger partial charge in [-0.25, -0.2) is 0 Å². The molecular weight excluding hydrogens is 286 g/mol. The Morgan fingerprint density at radius 1 is 1.33 bits per heavy atom. The largest absolute Gasteiger partial charge is 0.320 e. The lowest BCUT2D eigenvalue weighted by Crippen LogP contribution is -2.41. The summed E-state index contributed by atoms with van der Waals surface area (Å²) in [5.41, 5.74) is 1.23. The van der Waals surface area contributed by atoms with E-state index in [0.717, 1.165) is 19.4 Å². The van der Waals surface area contributed by atoms with Gasteiger partial charge >= 0.3 is 0 Å². The van der Waals surface area contributed by atoms with Crippen LogP contribution in [0.25, 0.3) is 0 Å². The number of nitrogens with zero attached hydrogens (tertiary/aromatic N) is 2. The Kier molecular flexibility index (Phi) is 5.75. The zero-order valence-corrected chi connectivity index (χ0v) is 13.6. The molecule has 0 saturated carbocycles. The molecule has 2 rings (SSSR count). The second-order valence-corrected chi connectivity index (χ2v) is 7.58. The molecule has 1 heterocycles. The van der Waals surface area contributed by atoms with E-state index in [1.165, 1.54) is 9.87 Å². The molecule has 0 aliphatic carbocycles. The molecular formula is C15H25N3O2S. The van der Waals surface area contributed by atoms with Crippen molar-refractivity contribution in [3.05, 3.63) is 35.9 Å². The molecule has 1 N–H and O–H groups in total. The molecule has 0 spiro atoms. The van der Waals surface area contributed by atoms with Crippen LogP contribution in [0.5, 0.6) is 0 Å². The maximum atomic E-state index is 12.5. The minimum Gasteiger partial charge on any atom is -0.320 e. The van der Waals surface area contributed by atoms with Crippen molar-refractivity contribution >= 4 is 10.2 Å². The fraction of sp³-hybridized carbons (Fsp3) is 0.600. The zero-order chi connectivity index (χ0) is 15.3. The number of rotatable bonds is 7. The van der Waals surface area contributed by atoms with Crippen LogP contribution in [-0.2, 0) is 10.2 Å². The Morgan fingerprint density at radius 3 is 2.71 bits per heavy atom. The van der Waals surface area contributed by atoms with Gasteiger partial charge in [0.15, 0.2) is 0 Å². The highest BCUT2D eigenvalue weighted by Crippen LogP contribution is 2.29. The van der Waals surface area contributed by atoms with Crippen molar-refractivity contribution in [1.82, 2.24) is 13.9 Å². The maximum Gasteiger partial charge on any atom is 0.281 e. The highest BCUT2D eigenvalue weighted by atomic mass is 32.2. The van der Waals surface area contributed by atoms with Gasteiger partial charge < -0.3 is 5.32 Å². The van der Waals surface area contributed by atoms with Gasteiger partial charge in [-0.05, 0) is 37.9 Å². The van der Waals surface area contributed by atoms with Gasteiger partial charge in [0, 0.05) is 26.7 Å². The molecule has 21 heavy (non-hydrogen) atoms. The van der Waals surface area contributed by atoms with Crippen LogP contribution in [0.15, 0.2) is 30.3 Å². The van der Waals surface area contributed by atoms with Crippen LogP contribution in [0.4, 0.5) is 0 Å². The summed E-state index contributed by atoms with van der Waals surface area (Å²) in [6.07, 6.45) is 1.72. The van der Waals surface area contributed by atoms with Crippen LogP contribution in [0.3, 0.4) is 0 Å². The van der Waals surface area contributed by atoms with E-state index in [4.69, 9.17) is 0 Å².